The molecule has 1 saturated carbocycles. The van der Waals surface area contributed by atoms with E-state index in [9.17, 15) is 9.59 Å². The lowest BCUT2D eigenvalue weighted by Gasteiger charge is -2.18. The summed E-state index contributed by atoms with van der Waals surface area (Å²) in [5, 5.41) is 7.21. The summed E-state index contributed by atoms with van der Waals surface area (Å²) in [6.45, 7) is 0.688. The summed E-state index contributed by atoms with van der Waals surface area (Å²) >= 11 is 0. The van der Waals surface area contributed by atoms with E-state index in [1.54, 1.807) is 7.11 Å². The molecule has 2 aromatic rings. The van der Waals surface area contributed by atoms with E-state index in [-0.39, 0.29) is 23.2 Å². The lowest BCUT2D eigenvalue weighted by atomic mass is 10.0. The number of methoxy groups -OCH3 is 1. The highest BCUT2D eigenvalue weighted by atomic mass is 16.5. The zero-order valence-electron chi connectivity index (χ0n) is 13.6. The van der Waals surface area contributed by atoms with Crippen LogP contribution in [0.5, 0.6) is 0 Å². The standard InChI is InChI=1S/C18H21N3O3/c1-24-12-11-21-16(22)10-9-15(20-21)18(23)19-17(14-7-8-14)13-5-3-2-4-6-13/h2-6,9-10,14,17H,7-8,11-12H2,1H3,(H,19,23). The second-order valence-corrected chi connectivity index (χ2v) is 5.97. The maximum Gasteiger partial charge on any atom is 0.272 e. The minimum absolute atomic E-state index is 0.0140. The van der Waals surface area contributed by atoms with Gasteiger partial charge in [-0.2, -0.15) is 5.10 Å². The van der Waals surface area contributed by atoms with Crippen molar-refractivity contribution in [2.45, 2.75) is 25.4 Å². The van der Waals surface area contributed by atoms with Crippen LogP contribution < -0.4 is 10.9 Å². The number of ether oxygens (including phenoxy) is 1. The van der Waals surface area contributed by atoms with Gasteiger partial charge in [0.15, 0.2) is 0 Å². The first kappa shape index (κ1) is 16.4. The number of rotatable bonds is 7. The van der Waals surface area contributed by atoms with Gasteiger partial charge in [0.05, 0.1) is 19.2 Å². The van der Waals surface area contributed by atoms with Crippen LogP contribution in [-0.2, 0) is 11.3 Å². The Balaban J connectivity index is 1.77. The number of benzene rings is 1. The fourth-order valence-electron chi connectivity index (χ4n) is 2.69. The molecule has 0 radical (unpaired) electrons. The molecule has 1 atom stereocenters. The Morgan fingerprint density at radius 2 is 2.04 bits per heavy atom. The van der Waals surface area contributed by atoms with E-state index in [1.807, 2.05) is 30.3 Å². The normalized spacial score (nSPS) is 15.0. The van der Waals surface area contributed by atoms with Gasteiger partial charge in [-0.25, -0.2) is 4.68 Å². The molecule has 0 saturated heterocycles. The Labute approximate surface area is 140 Å². The van der Waals surface area contributed by atoms with Gasteiger partial charge in [0.2, 0.25) is 0 Å². The molecule has 0 bridgehead atoms. The van der Waals surface area contributed by atoms with Crippen LogP contribution >= 0.6 is 0 Å². The first-order valence-electron chi connectivity index (χ1n) is 8.12. The fraction of sp³-hybridized carbons (Fsp3) is 0.389. The van der Waals surface area contributed by atoms with Crippen molar-refractivity contribution in [3.05, 3.63) is 64.1 Å². The molecule has 6 heteroatoms. The molecule has 1 fully saturated rings. The molecule has 3 rings (SSSR count). The molecule has 24 heavy (non-hydrogen) atoms. The zero-order valence-corrected chi connectivity index (χ0v) is 13.6. The second-order valence-electron chi connectivity index (χ2n) is 5.97. The molecule has 1 aliphatic carbocycles. The first-order valence-corrected chi connectivity index (χ1v) is 8.12. The van der Waals surface area contributed by atoms with Crippen molar-refractivity contribution in [2.75, 3.05) is 13.7 Å². The van der Waals surface area contributed by atoms with E-state index >= 15 is 0 Å². The molecule has 1 aromatic carbocycles. The molecule has 126 valence electrons. The predicted octanol–water partition coefficient (Wildman–Crippen LogP) is 1.77. The van der Waals surface area contributed by atoms with E-state index in [0.717, 1.165) is 18.4 Å². The van der Waals surface area contributed by atoms with Gasteiger partial charge >= 0.3 is 0 Å². The van der Waals surface area contributed by atoms with Gasteiger partial charge in [-0.05, 0) is 30.4 Å². The van der Waals surface area contributed by atoms with E-state index in [1.165, 1.54) is 16.8 Å². The van der Waals surface area contributed by atoms with Crippen LogP contribution in [0.1, 0.15) is 34.9 Å². The molecule has 1 N–H and O–H groups in total. The molecule has 0 spiro atoms. The molecule has 6 nitrogen and oxygen atoms in total. The average Bonchev–Trinajstić information content (AvgIpc) is 3.44. The molecular formula is C18H21N3O3. The van der Waals surface area contributed by atoms with Crippen molar-refractivity contribution < 1.29 is 9.53 Å². The molecule has 0 aliphatic heterocycles. The highest BCUT2D eigenvalue weighted by Gasteiger charge is 2.33. The van der Waals surface area contributed by atoms with Crippen LogP contribution in [0.4, 0.5) is 0 Å². The van der Waals surface area contributed by atoms with Gasteiger partial charge < -0.3 is 10.1 Å². The molecule has 1 unspecified atom stereocenters. The summed E-state index contributed by atoms with van der Waals surface area (Å²) in [5.74, 6) is 0.206. The third-order valence-electron chi connectivity index (χ3n) is 4.15. The van der Waals surface area contributed by atoms with Crippen LogP contribution in [0, 0.1) is 5.92 Å². The number of aromatic nitrogens is 2. The van der Waals surface area contributed by atoms with Gasteiger partial charge in [0.25, 0.3) is 11.5 Å². The van der Waals surface area contributed by atoms with Crippen LogP contribution in [0.15, 0.2) is 47.3 Å². The number of nitrogens with zero attached hydrogens (tertiary/aromatic N) is 2. The third kappa shape index (κ3) is 3.89. The zero-order chi connectivity index (χ0) is 16.9. The summed E-state index contributed by atoms with van der Waals surface area (Å²) in [6.07, 6.45) is 2.22. The molecule has 1 aliphatic rings. The highest BCUT2D eigenvalue weighted by Crippen LogP contribution is 2.41. The van der Waals surface area contributed by atoms with Gasteiger partial charge in [-0.15, -0.1) is 0 Å². The summed E-state index contributed by atoms with van der Waals surface area (Å²) < 4.78 is 6.22. The lowest BCUT2D eigenvalue weighted by Crippen LogP contribution is -2.33. The van der Waals surface area contributed by atoms with Gasteiger partial charge in [0, 0.05) is 13.2 Å². The van der Waals surface area contributed by atoms with E-state index in [2.05, 4.69) is 10.4 Å². The monoisotopic (exact) mass is 327 g/mol. The average molecular weight is 327 g/mol. The minimum atomic E-state index is -0.262. The van der Waals surface area contributed by atoms with Gasteiger partial charge in [-0.1, -0.05) is 30.3 Å². The van der Waals surface area contributed by atoms with Crippen molar-refractivity contribution in [2.24, 2.45) is 5.92 Å². The smallest absolute Gasteiger partial charge is 0.272 e. The van der Waals surface area contributed by atoms with E-state index in [0.29, 0.717) is 19.1 Å². The predicted molar refractivity (Wildman–Crippen MR) is 89.7 cm³/mol. The SMILES string of the molecule is COCCn1nc(C(=O)NC(c2ccccc2)C2CC2)ccc1=O. The summed E-state index contributed by atoms with van der Waals surface area (Å²) in [6, 6.07) is 12.8. The Hall–Kier alpha value is -2.47. The molecule has 1 amide bonds. The Bertz CT molecular complexity index is 754. The van der Waals surface area contributed by atoms with Gasteiger partial charge in [0.1, 0.15) is 5.69 Å². The van der Waals surface area contributed by atoms with Crippen molar-refractivity contribution in [1.82, 2.24) is 15.1 Å². The van der Waals surface area contributed by atoms with Crippen LogP contribution in [0.25, 0.3) is 0 Å². The largest absolute Gasteiger partial charge is 0.383 e. The number of amides is 1. The van der Waals surface area contributed by atoms with Crippen molar-refractivity contribution in [3.8, 4) is 0 Å². The van der Waals surface area contributed by atoms with Crippen molar-refractivity contribution in [3.63, 3.8) is 0 Å². The number of hydrogen-bond acceptors (Lipinski definition) is 4. The Kier molecular flexibility index (Phi) is 5.05. The Morgan fingerprint density at radius 3 is 2.71 bits per heavy atom. The topological polar surface area (TPSA) is 73.2 Å². The van der Waals surface area contributed by atoms with E-state index in [4.69, 9.17) is 4.74 Å². The Morgan fingerprint density at radius 1 is 1.29 bits per heavy atom. The number of carbonyl (C=O) groups is 1. The fourth-order valence-corrected chi connectivity index (χ4v) is 2.69. The third-order valence-corrected chi connectivity index (χ3v) is 4.15. The lowest BCUT2D eigenvalue weighted by molar-refractivity contribution is 0.0923. The highest BCUT2D eigenvalue weighted by molar-refractivity contribution is 5.92. The molecule has 1 aromatic heterocycles. The number of nitrogens with one attached hydrogen (secondary N) is 1. The van der Waals surface area contributed by atoms with Crippen LogP contribution in [0.2, 0.25) is 0 Å². The quantitative estimate of drug-likeness (QED) is 0.841. The van der Waals surface area contributed by atoms with Crippen LogP contribution in [-0.4, -0.2) is 29.4 Å². The van der Waals surface area contributed by atoms with Crippen LogP contribution in [0.3, 0.4) is 0 Å². The van der Waals surface area contributed by atoms with Crippen molar-refractivity contribution >= 4 is 5.91 Å². The molecular weight excluding hydrogens is 306 g/mol. The summed E-state index contributed by atoms with van der Waals surface area (Å²) in [7, 11) is 1.56. The number of carbonyl (C=O) groups excluding carboxylic acids is 1. The summed E-state index contributed by atoms with van der Waals surface area (Å²) in [4.78, 5) is 24.4. The molecule has 1 heterocycles. The maximum absolute atomic E-state index is 12.6. The minimum Gasteiger partial charge on any atom is -0.383 e. The van der Waals surface area contributed by atoms with Gasteiger partial charge in [-0.3, -0.25) is 9.59 Å². The first-order chi connectivity index (χ1) is 11.7. The number of hydrogen-bond donors (Lipinski definition) is 1. The van der Waals surface area contributed by atoms with E-state index < -0.39 is 0 Å². The second kappa shape index (κ2) is 7.40. The van der Waals surface area contributed by atoms with Crippen molar-refractivity contribution in [1.29, 1.82) is 0 Å². The summed E-state index contributed by atoms with van der Waals surface area (Å²) in [5.41, 5.74) is 1.10. The maximum atomic E-state index is 12.6.